The van der Waals surface area contributed by atoms with Crippen molar-refractivity contribution in [1.29, 1.82) is 0 Å². The maximum absolute atomic E-state index is 14.0. The number of aromatic amines is 1. The van der Waals surface area contributed by atoms with E-state index in [-0.39, 0.29) is 17.2 Å². The molecule has 9 nitrogen and oxygen atoms in total. The van der Waals surface area contributed by atoms with Crippen LogP contribution in [0.2, 0.25) is 5.02 Å². The summed E-state index contributed by atoms with van der Waals surface area (Å²) < 4.78 is 6.93. The molecule has 40 heavy (non-hydrogen) atoms. The number of anilines is 1. The third-order valence-corrected chi connectivity index (χ3v) is 9.94. The summed E-state index contributed by atoms with van der Waals surface area (Å²) in [5, 5.41) is 12.0. The van der Waals surface area contributed by atoms with Crippen molar-refractivity contribution < 1.29 is 19.2 Å². The molecule has 4 aromatic rings. The molecular formula is C27H17BrClN3O6S2. The monoisotopic (exact) mass is 657 g/mol. The largest absolute Gasteiger partial charge is 0.489 e. The number of hydrogen-bond donors (Lipinski definition) is 1. The first kappa shape index (κ1) is 26.8. The second-order valence-electron chi connectivity index (χ2n) is 9.13. The summed E-state index contributed by atoms with van der Waals surface area (Å²) in [6, 6.07) is 18.0. The van der Waals surface area contributed by atoms with Crippen molar-refractivity contribution in [2.75, 3.05) is 4.90 Å². The number of carbonyl (C=O) groups is 2. The van der Waals surface area contributed by atoms with Gasteiger partial charge in [0.15, 0.2) is 0 Å². The number of amides is 2. The fourth-order valence-corrected chi connectivity index (χ4v) is 7.86. The van der Waals surface area contributed by atoms with Crippen LogP contribution < -0.4 is 14.5 Å². The number of imide groups is 1. The molecular weight excluding hydrogens is 642 g/mol. The van der Waals surface area contributed by atoms with Crippen LogP contribution in [0.1, 0.15) is 21.9 Å². The number of H-pyrrole nitrogens is 1. The number of non-ortho nitro benzene ring substituents is 1. The molecule has 0 bridgehead atoms. The maximum Gasteiger partial charge on any atom is 0.305 e. The van der Waals surface area contributed by atoms with Gasteiger partial charge < -0.3 is 9.72 Å². The van der Waals surface area contributed by atoms with Gasteiger partial charge in [-0.05, 0) is 48.0 Å². The highest BCUT2D eigenvalue weighted by Crippen LogP contribution is 2.55. The number of benzene rings is 3. The first-order valence-corrected chi connectivity index (χ1v) is 14.8. The third kappa shape index (κ3) is 4.74. The van der Waals surface area contributed by atoms with E-state index in [9.17, 15) is 24.5 Å². The number of hydrogen-bond acceptors (Lipinski definition) is 8. The molecule has 3 aromatic carbocycles. The van der Waals surface area contributed by atoms with Gasteiger partial charge in [-0.2, -0.15) is 0 Å². The first-order chi connectivity index (χ1) is 19.2. The number of ether oxygens (including phenoxy) is 1. The van der Waals surface area contributed by atoms with Crippen LogP contribution in [0, 0.1) is 16.0 Å². The lowest BCUT2D eigenvalue weighted by molar-refractivity contribution is -0.385. The molecule has 0 aliphatic carbocycles. The first-order valence-electron chi connectivity index (χ1n) is 11.9. The number of aromatic nitrogens is 1. The van der Waals surface area contributed by atoms with Gasteiger partial charge in [0.1, 0.15) is 17.6 Å². The van der Waals surface area contributed by atoms with Crippen LogP contribution in [0.5, 0.6) is 5.75 Å². The molecule has 13 heteroatoms. The van der Waals surface area contributed by atoms with Gasteiger partial charge in [0.05, 0.1) is 21.6 Å². The van der Waals surface area contributed by atoms with Crippen molar-refractivity contribution in [3.05, 3.63) is 112 Å². The summed E-state index contributed by atoms with van der Waals surface area (Å²) in [6.07, 6.45) is 0. The SMILES string of the molecule is O=C1[C@H]2[C@H](c3cc([N+](=O)[O-])ccc3OCc3ccc(Cl)cc3)c3sc(=O)[nH]c3S[C@H]2C(=O)N1c1ccc(Br)cc1. The standard InChI is InChI=1S/C27H17BrClN3O6S2/c28-14-3-7-16(8-4-14)31-25(33)21-20(22-24(30-27(35)40-22)39-23(21)26(31)34)18-11-17(32(36)37)9-10-19(18)38-12-13-1-5-15(29)6-2-13/h1-11,20-21,23H,12H2,(H,30,35)/t20-,21-,23+/m0/s1. The number of nitrogens with one attached hydrogen (secondary N) is 1. The van der Waals surface area contributed by atoms with Crippen LogP contribution in [-0.2, 0) is 16.2 Å². The zero-order valence-electron chi connectivity index (χ0n) is 20.2. The normalized spacial score (nSPS) is 19.9. The third-order valence-electron chi connectivity index (χ3n) is 6.76. The topological polar surface area (TPSA) is 123 Å². The zero-order chi connectivity index (χ0) is 28.1. The van der Waals surface area contributed by atoms with E-state index in [4.69, 9.17) is 16.3 Å². The molecule has 2 aliphatic rings. The average molecular weight is 659 g/mol. The number of thiazole rings is 1. The van der Waals surface area contributed by atoms with Crippen molar-refractivity contribution in [3.8, 4) is 5.75 Å². The van der Waals surface area contributed by atoms with E-state index >= 15 is 0 Å². The Balaban J connectivity index is 1.47. The van der Waals surface area contributed by atoms with Gasteiger partial charge in [0.2, 0.25) is 11.8 Å². The minimum atomic E-state index is -0.917. The highest BCUT2D eigenvalue weighted by atomic mass is 79.9. The van der Waals surface area contributed by atoms with Gasteiger partial charge in [-0.25, -0.2) is 4.90 Å². The number of thioether (sulfide) groups is 1. The fraction of sp³-hybridized carbons (Fsp3) is 0.148. The number of nitro benzene ring substituents is 1. The number of rotatable bonds is 6. The Labute approximate surface area is 248 Å². The molecule has 3 atom stereocenters. The molecule has 0 unspecified atom stereocenters. The summed E-state index contributed by atoms with van der Waals surface area (Å²) in [7, 11) is 0. The minimum absolute atomic E-state index is 0.131. The van der Waals surface area contributed by atoms with Crippen molar-refractivity contribution in [2.45, 2.75) is 22.8 Å². The second kappa shape index (κ2) is 10.5. The molecule has 0 saturated carbocycles. The predicted octanol–water partition coefficient (Wildman–Crippen LogP) is 6.14. The van der Waals surface area contributed by atoms with E-state index in [1.807, 2.05) is 0 Å². The molecule has 1 aromatic heterocycles. The van der Waals surface area contributed by atoms with E-state index < -0.39 is 33.8 Å². The molecule has 1 saturated heterocycles. The van der Waals surface area contributed by atoms with E-state index in [2.05, 4.69) is 20.9 Å². The Bertz CT molecular complexity index is 1720. The number of halogens is 2. The van der Waals surface area contributed by atoms with Crippen LogP contribution in [0.3, 0.4) is 0 Å². The Morgan fingerprint density at radius 3 is 2.45 bits per heavy atom. The summed E-state index contributed by atoms with van der Waals surface area (Å²) in [4.78, 5) is 55.5. The summed E-state index contributed by atoms with van der Waals surface area (Å²) in [6.45, 7) is 0.131. The van der Waals surface area contributed by atoms with Crippen LogP contribution in [-0.4, -0.2) is 27.0 Å². The fourth-order valence-electron chi connectivity index (χ4n) is 4.96. The molecule has 3 heterocycles. The highest BCUT2D eigenvalue weighted by molar-refractivity contribution is 9.10. The van der Waals surface area contributed by atoms with E-state index in [1.165, 1.54) is 18.2 Å². The Hall–Kier alpha value is -3.45. The van der Waals surface area contributed by atoms with Crippen LogP contribution in [0.25, 0.3) is 0 Å². The van der Waals surface area contributed by atoms with Crippen LogP contribution >= 0.6 is 50.6 Å². The van der Waals surface area contributed by atoms with Crippen molar-refractivity contribution in [3.63, 3.8) is 0 Å². The number of carbonyl (C=O) groups excluding carboxylic acids is 2. The Morgan fingerprint density at radius 2 is 1.75 bits per heavy atom. The van der Waals surface area contributed by atoms with Gasteiger partial charge in [-0.1, -0.05) is 62.8 Å². The second-order valence-corrected chi connectivity index (χ2v) is 12.7. The Kier molecular flexibility index (Phi) is 7.03. The Morgan fingerprint density at radius 1 is 1.02 bits per heavy atom. The average Bonchev–Trinajstić information content (AvgIpc) is 3.43. The van der Waals surface area contributed by atoms with Crippen molar-refractivity contribution >= 4 is 73.8 Å². The number of nitrogens with zero attached hydrogens (tertiary/aromatic N) is 2. The number of fused-ring (bicyclic) bond motifs is 2. The van der Waals surface area contributed by atoms with Gasteiger partial charge >= 0.3 is 4.87 Å². The smallest absolute Gasteiger partial charge is 0.305 e. The minimum Gasteiger partial charge on any atom is -0.489 e. The molecule has 2 amide bonds. The van der Waals surface area contributed by atoms with E-state index in [0.29, 0.717) is 31.9 Å². The molecule has 0 radical (unpaired) electrons. The van der Waals surface area contributed by atoms with Gasteiger partial charge in [0.25, 0.3) is 5.69 Å². The summed E-state index contributed by atoms with van der Waals surface area (Å²) in [5.41, 5.74) is 1.39. The molecule has 0 spiro atoms. The van der Waals surface area contributed by atoms with Gasteiger partial charge in [0, 0.05) is 38.0 Å². The lowest BCUT2D eigenvalue weighted by atomic mass is 9.82. The van der Waals surface area contributed by atoms with Crippen LogP contribution in [0.4, 0.5) is 11.4 Å². The molecule has 6 rings (SSSR count). The quantitative estimate of drug-likeness (QED) is 0.150. The maximum atomic E-state index is 14.0. The molecule has 2 aliphatic heterocycles. The van der Waals surface area contributed by atoms with Gasteiger partial charge in [-0.15, -0.1) is 0 Å². The molecule has 202 valence electrons. The van der Waals surface area contributed by atoms with Gasteiger partial charge in [-0.3, -0.25) is 24.5 Å². The molecule has 1 fully saturated rings. The van der Waals surface area contributed by atoms with Crippen LogP contribution in [0.15, 0.2) is 81.0 Å². The van der Waals surface area contributed by atoms with E-state index in [1.54, 1.807) is 48.5 Å². The summed E-state index contributed by atoms with van der Waals surface area (Å²) in [5.74, 6) is -2.30. The lowest BCUT2D eigenvalue weighted by Crippen LogP contribution is -2.32. The highest BCUT2D eigenvalue weighted by Gasteiger charge is 2.57. The summed E-state index contributed by atoms with van der Waals surface area (Å²) >= 11 is 11.4. The predicted molar refractivity (Wildman–Crippen MR) is 155 cm³/mol. The van der Waals surface area contributed by atoms with Crippen molar-refractivity contribution in [1.82, 2.24) is 4.98 Å². The molecule has 1 N–H and O–H groups in total. The zero-order valence-corrected chi connectivity index (χ0v) is 24.2. The lowest BCUT2D eigenvalue weighted by Gasteiger charge is -2.30. The van der Waals surface area contributed by atoms with Crippen molar-refractivity contribution in [2.24, 2.45) is 5.92 Å². The number of nitro groups is 1. The van der Waals surface area contributed by atoms with E-state index in [0.717, 1.165) is 38.0 Å².